The Labute approximate surface area is 133 Å². The van der Waals surface area contributed by atoms with Gasteiger partial charge in [0.1, 0.15) is 5.15 Å². The Hall–Kier alpha value is -1.78. The van der Waals surface area contributed by atoms with Crippen LogP contribution in [0.3, 0.4) is 0 Å². The van der Waals surface area contributed by atoms with Gasteiger partial charge < -0.3 is 11.1 Å². The van der Waals surface area contributed by atoms with Crippen LogP contribution in [0.2, 0.25) is 10.3 Å². The average Bonchev–Trinajstić information content (AvgIpc) is 2.42. The molecule has 0 unspecified atom stereocenters. The average molecular weight is 324 g/mol. The number of nitrogen functional groups attached to an aromatic ring is 1. The third-order valence-electron chi connectivity index (χ3n) is 3.03. The summed E-state index contributed by atoms with van der Waals surface area (Å²) < 4.78 is 0. The van der Waals surface area contributed by atoms with Gasteiger partial charge in [-0.05, 0) is 42.7 Å². The fraction of sp³-hybridized carbons (Fsp3) is 0.200. The molecule has 0 spiro atoms. The van der Waals surface area contributed by atoms with Crippen LogP contribution in [0.1, 0.15) is 17.5 Å². The number of anilines is 2. The predicted molar refractivity (Wildman–Crippen MR) is 86.8 cm³/mol. The van der Waals surface area contributed by atoms with Crippen molar-refractivity contribution in [3.63, 3.8) is 0 Å². The number of nitrogens with two attached hydrogens (primary N) is 1. The Balaban J connectivity index is 1.97. The summed E-state index contributed by atoms with van der Waals surface area (Å²) in [6, 6.07) is 9.10. The number of pyridine rings is 1. The molecule has 3 N–H and O–H groups in total. The van der Waals surface area contributed by atoms with E-state index in [4.69, 9.17) is 28.9 Å². The molecule has 21 heavy (non-hydrogen) atoms. The second-order valence-electron chi connectivity index (χ2n) is 4.72. The molecule has 110 valence electrons. The number of aryl methyl sites for hydroxylation is 2. The standard InChI is InChI=1S/C15H15Cl2N3O/c1-9-8-12(16)19-15(17)14(9)20-13(21)7-4-10-2-5-11(18)6-3-10/h2-3,5-6,8H,4,7,18H2,1H3,(H,20,21). The van der Waals surface area contributed by atoms with E-state index < -0.39 is 0 Å². The third-order valence-corrected chi connectivity index (χ3v) is 3.49. The summed E-state index contributed by atoms with van der Waals surface area (Å²) in [6.07, 6.45) is 0.978. The number of nitrogens with one attached hydrogen (secondary N) is 1. The SMILES string of the molecule is Cc1cc(Cl)nc(Cl)c1NC(=O)CCc1ccc(N)cc1. The summed E-state index contributed by atoms with van der Waals surface area (Å²) in [4.78, 5) is 15.9. The molecule has 0 atom stereocenters. The fourth-order valence-corrected chi connectivity index (χ4v) is 2.47. The lowest BCUT2D eigenvalue weighted by atomic mass is 10.1. The molecule has 1 heterocycles. The first-order valence-corrected chi connectivity index (χ1v) is 7.18. The Morgan fingerprint density at radius 1 is 1.29 bits per heavy atom. The Bertz CT molecular complexity index is 633. The van der Waals surface area contributed by atoms with Gasteiger partial charge in [0, 0.05) is 12.1 Å². The van der Waals surface area contributed by atoms with Crippen LogP contribution in [0.4, 0.5) is 11.4 Å². The molecule has 0 aliphatic heterocycles. The molecule has 2 aromatic rings. The van der Waals surface area contributed by atoms with Crippen molar-refractivity contribution in [2.75, 3.05) is 11.1 Å². The molecule has 0 aliphatic rings. The first-order chi connectivity index (χ1) is 9.95. The van der Waals surface area contributed by atoms with Crippen molar-refractivity contribution in [1.82, 2.24) is 4.98 Å². The van der Waals surface area contributed by atoms with E-state index >= 15 is 0 Å². The van der Waals surface area contributed by atoms with Gasteiger partial charge in [-0.3, -0.25) is 4.79 Å². The second-order valence-corrected chi connectivity index (χ2v) is 5.46. The van der Waals surface area contributed by atoms with Crippen molar-refractivity contribution >= 4 is 40.5 Å². The normalized spacial score (nSPS) is 10.4. The Morgan fingerprint density at radius 2 is 1.95 bits per heavy atom. The van der Waals surface area contributed by atoms with Crippen LogP contribution < -0.4 is 11.1 Å². The molecule has 2 rings (SSSR count). The highest BCUT2D eigenvalue weighted by molar-refractivity contribution is 6.34. The van der Waals surface area contributed by atoms with Crippen LogP contribution in [0.25, 0.3) is 0 Å². The lowest BCUT2D eigenvalue weighted by molar-refractivity contribution is -0.116. The van der Waals surface area contributed by atoms with Gasteiger partial charge in [-0.15, -0.1) is 0 Å². The number of hydrogen-bond acceptors (Lipinski definition) is 3. The summed E-state index contributed by atoms with van der Waals surface area (Å²) in [5, 5.41) is 3.27. The predicted octanol–water partition coefficient (Wildman–Crippen LogP) is 3.85. The number of carbonyl (C=O) groups excluding carboxylic acids is 1. The highest BCUT2D eigenvalue weighted by Gasteiger charge is 2.11. The summed E-state index contributed by atoms with van der Waals surface area (Å²) in [5.41, 5.74) is 8.66. The summed E-state index contributed by atoms with van der Waals surface area (Å²) in [7, 11) is 0. The number of aromatic nitrogens is 1. The number of carbonyl (C=O) groups is 1. The number of rotatable bonds is 4. The molecule has 1 aromatic carbocycles. The van der Waals surface area contributed by atoms with Crippen molar-refractivity contribution in [3.05, 3.63) is 51.8 Å². The topological polar surface area (TPSA) is 68.0 Å². The number of benzene rings is 1. The smallest absolute Gasteiger partial charge is 0.224 e. The molecule has 0 aliphatic carbocycles. The van der Waals surface area contributed by atoms with Gasteiger partial charge in [0.2, 0.25) is 5.91 Å². The highest BCUT2D eigenvalue weighted by atomic mass is 35.5. The van der Waals surface area contributed by atoms with Crippen LogP contribution in [0.15, 0.2) is 30.3 Å². The quantitative estimate of drug-likeness (QED) is 0.663. The summed E-state index contributed by atoms with van der Waals surface area (Å²) >= 11 is 11.8. The molecular weight excluding hydrogens is 309 g/mol. The molecule has 1 amide bonds. The number of hydrogen-bond donors (Lipinski definition) is 2. The minimum absolute atomic E-state index is 0.124. The maximum absolute atomic E-state index is 12.0. The van der Waals surface area contributed by atoms with Gasteiger partial charge in [0.05, 0.1) is 5.69 Å². The van der Waals surface area contributed by atoms with Crippen molar-refractivity contribution in [3.8, 4) is 0 Å². The largest absolute Gasteiger partial charge is 0.399 e. The number of amides is 1. The van der Waals surface area contributed by atoms with Gasteiger partial charge in [0.25, 0.3) is 0 Å². The maximum atomic E-state index is 12.0. The molecule has 6 heteroatoms. The lowest BCUT2D eigenvalue weighted by Crippen LogP contribution is -2.14. The lowest BCUT2D eigenvalue weighted by Gasteiger charge is -2.10. The van der Waals surface area contributed by atoms with E-state index in [-0.39, 0.29) is 11.1 Å². The zero-order valence-corrected chi connectivity index (χ0v) is 13.0. The first kappa shape index (κ1) is 15.6. The number of halogens is 2. The van der Waals surface area contributed by atoms with E-state index in [0.717, 1.165) is 11.1 Å². The molecule has 0 fully saturated rings. The van der Waals surface area contributed by atoms with Crippen LogP contribution in [0, 0.1) is 6.92 Å². The molecule has 0 bridgehead atoms. The van der Waals surface area contributed by atoms with E-state index in [0.29, 0.717) is 29.4 Å². The van der Waals surface area contributed by atoms with E-state index in [1.165, 1.54) is 0 Å². The molecule has 1 aromatic heterocycles. The first-order valence-electron chi connectivity index (χ1n) is 6.42. The van der Waals surface area contributed by atoms with Crippen LogP contribution in [-0.4, -0.2) is 10.9 Å². The Morgan fingerprint density at radius 3 is 2.57 bits per heavy atom. The van der Waals surface area contributed by atoms with E-state index in [1.807, 2.05) is 31.2 Å². The minimum Gasteiger partial charge on any atom is -0.399 e. The van der Waals surface area contributed by atoms with Gasteiger partial charge >= 0.3 is 0 Å². The molecular formula is C15H15Cl2N3O. The highest BCUT2D eigenvalue weighted by Crippen LogP contribution is 2.26. The van der Waals surface area contributed by atoms with Crippen molar-refractivity contribution < 1.29 is 4.79 Å². The van der Waals surface area contributed by atoms with E-state index in [9.17, 15) is 4.79 Å². The monoisotopic (exact) mass is 323 g/mol. The van der Waals surface area contributed by atoms with Crippen molar-refractivity contribution in [1.29, 1.82) is 0 Å². The van der Waals surface area contributed by atoms with Gasteiger partial charge in [-0.1, -0.05) is 35.3 Å². The second kappa shape index (κ2) is 6.78. The zero-order chi connectivity index (χ0) is 15.4. The molecule has 4 nitrogen and oxygen atoms in total. The van der Waals surface area contributed by atoms with Gasteiger partial charge in [-0.2, -0.15) is 0 Å². The minimum atomic E-state index is -0.124. The van der Waals surface area contributed by atoms with E-state index in [2.05, 4.69) is 10.3 Å². The molecule has 0 saturated carbocycles. The fourth-order valence-electron chi connectivity index (χ4n) is 1.89. The van der Waals surface area contributed by atoms with E-state index in [1.54, 1.807) is 6.07 Å². The zero-order valence-electron chi connectivity index (χ0n) is 11.5. The van der Waals surface area contributed by atoms with Crippen LogP contribution in [0.5, 0.6) is 0 Å². The maximum Gasteiger partial charge on any atom is 0.224 e. The number of nitrogens with zero attached hydrogens (tertiary/aromatic N) is 1. The van der Waals surface area contributed by atoms with Gasteiger partial charge in [-0.25, -0.2) is 4.98 Å². The molecule has 0 saturated heterocycles. The third kappa shape index (κ3) is 4.34. The summed E-state index contributed by atoms with van der Waals surface area (Å²) in [5.74, 6) is -0.124. The van der Waals surface area contributed by atoms with Crippen molar-refractivity contribution in [2.45, 2.75) is 19.8 Å². The van der Waals surface area contributed by atoms with Crippen LogP contribution in [-0.2, 0) is 11.2 Å². The molecule has 0 radical (unpaired) electrons. The van der Waals surface area contributed by atoms with Crippen LogP contribution >= 0.6 is 23.2 Å². The van der Waals surface area contributed by atoms with Gasteiger partial charge in [0.15, 0.2) is 5.15 Å². The Kier molecular flexibility index (Phi) is 5.04. The van der Waals surface area contributed by atoms with Crippen molar-refractivity contribution in [2.24, 2.45) is 0 Å². The summed E-state index contributed by atoms with van der Waals surface area (Å²) in [6.45, 7) is 1.81.